The molecular weight excluding hydrogens is 184 g/mol. The third kappa shape index (κ3) is 1.25. The minimum Gasteiger partial charge on any atom is -0.397 e. The molecule has 15 heavy (non-hydrogen) atoms. The summed E-state index contributed by atoms with van der Waals surface area (Å²) in [6.07, 6.45) is 0. The summed E-state index contributed by atoms with van der Waals surface area (Å²) in [6, 6.07) is 10.1. The van der Waals surface area contributed by atoms with Gasteiger partial charge in [-0.05, 0) is 30.4 Å². The van der Waals surface area contributed by atoms with Crippen LogP contribution >= 0.6 is 0 Å². The van der Waals surface area contributed by atoms with Crippen molar-refractivity contribution in [3.05, 3.63) is 41.0 Å². The van der Waals surface area contributed by atoms with Gasteiger partial charge in [-0.3, -0.25) is 0 Å². The van der Waals surface area contributed by atoms with Gasteiger partial charge in [0.1, 0.15) is 6.07 Å². The van der Waals surface area contributed by atoms with Gasteiger partial charge in [-0.2, -0.15) is 5.26 Å². The molecule has 2 rings (SSSR count). The van der Waals surface area contributed by atoms with Crippen LogP contribution in [0.1, 0.15) is 16.7 Å². The van der Waals surface area contributed by atoms with Gasteiger partial charge in [-0.15, -0.1) is 0 Å². The maximum Gasteiger partial charge on any atom is 0.102 e. The molecule has 0 aliphatic carbocycles. The predicted molar refractivity (Wildman–Crippen MR) is 62.5 cm³/mol. The fourth-order valence-corrected chi connectivity index (χ4v) is 1.92. The number of nitriles is 1. The largest absolute Gasteiger partial charge is 0.397 e. The van der Waals surface area contributed by atoms with Gasteiger partial charge >= 0.3 is 0 Å². The summed E-state index contributed by atoms with van der Waals surface area (Å²) in [5, 5.41) is 11.2. The molecule has 2 aromatic carbocycles. The quantitative estimate of drug-likeness (QED) is 0.658. The zero-order valence-electron chi connectivity index (χ0n) is 8.83. The van der Waals surface area contributed by atoms with Crippen LogP contribution in [0.2, 0.25) is 0 Å². The summed E-state index contributed by atoms with van der Waals surface area (Å²) >= 11 is 0. The Morgan fingerprint density at radius 1 is 1.07 bits per heavy atom. The van der Waals surface area contributed by atoms with Crippen LogP contribution in [-0.4, -0.2) is 0 Å². The number of nitrogens with two attached hydrogens (primary N) is 1. The topological polar surface area (TPSA) is 49.8 Å². The van der Waals surface area contributed by atoms with Crippen molar-refractivity contribution in [3.8, 4) is 6.07 Å². The molecule has 74 valence electrons. The molecule has 0 fully saturated rings. The van der Waals surface area contributed by atoms with Gasteiger partial charge in [-0.1, -0.05) is 24.3 Å². The lowest BCUT2D eigenvalue weighted by Gasteiger charge is -2.11. The van der Waals surface area contributed by atoms with E-state index in [9.17, 15) is 0 Å². The van der Waals surface area contributed by atoms with Crippen molar-refractivity contribution in [1.29, 1.82) is 5.26 Å². The molecule has 0 unspecified atom stereocenters. The van der Waals surface area contributed by atoms with E-state index in [1.165, 1.54) is 0 Å². The minimum atomic E-state index is 0.594. The van der Waals surface area contributed by atoms with E-state index in [4.69, 9.17) is 11.0 Å². The Morgan fingerprint density at radius 2 is 1.67 bits per heavy atom. The van der Waals surface area contributed by atoms with E-state index in [1.807, 2.05) is 38.1 Å². The van der Waals surface area contributed by atoms with Crippen LogP contribution in [0.25, 0.3) is 10.8 Å². The van der Waals surface area contributed by atoms with Gasteiger partial charge in [0.2, 0.25) is 0 Å². The zero-order chi connectivity index (χ0) is 11.0. The normalized spacial score (nSPS) is 10.2. The number of hydrogen-bond acceptors (Lipinski definition) is 2. The van der Waals surface area contributed by atoms with Crippen LogP contribution in [0.4, 0.5) is 5.69 Å². The summed E-state index contributed by atoms with van der Waals surface area (Å²) in [5.74, 6) is 0. The average molecular weight is 196 g/mol. The maximum absolute atomic E-state index is 9.05. The van der Waals surface area contributed by atoms with Gasteiger partial charge < -0.3 is 5.73 Å². The fourth-order valence-electron chi connectivity index (χ4n) is 1.92. The van der Waals surface area contributed by atoms with Crippen LogP contribution in [0, 0.1) is 25.2 Å². The summed E-state index contributed by atoms with van der Waals surface area (Å²) in [7, 11) is 0. The smallest absolute Gasteiger partial charge is 0.102 e. The van der Waals surface area contributed by atoms with Gasteiger partial charge in [0, 0.05) is 5.39 Å². The van der Waals surface area contributed by atoms with E-state index < -0.39 is 0 Å². The molecule has 2 heteroatoms. The summed E-state index contributed by atoms with van der Waals surface area (Å²) in [5.41, 5.74) is 9.29. The van der Waals surface area contributed by atoms with Crippen LogP contribution in [0.3, 0.4) is 0 Å². The van der Waals surface area contributed by atoms with Crippen LogP contribution in [0.15, 0.2) is 24.3 Å². The zero-order valence-corrected chi connectivity index (χ0v) is 8.83. The molecule has 0 heterocycles. The molecule has 0 saturated carbocycles. The number of aryl methyl sites for hydroxylation is 1. The minimum absolute atomic E-state index is 0.594. The second-order valence-corrected chi connectivity index (χ2v) is 3.70. The third-order valence-electron chi connectivity index (χ3n) is 2.94. The lowest BCUT2D eigenvalue weighted by molar-refractivity contribution is 1.34. The Bertz CT molecular complexity index is 577. The lowest BCUT2D eigenvalue weighted by atomic mass is 9.94. The molecule has 0 bridgehead atoms. The van der Waals surface area contributed by atoms with Crippen LogP contribution in [0.5, 0.6) is 0 Å². The Kier molecular flexibility index (Phi) is 2.09. The van der Waals surface area contributed by atoms with Crippen molar-refractivity contribution in [3.63, 3.8) is 0 Å². The average Bonchev–Trinajstić information content (AvgIpc) is 2.27. The third-order valence-corrected chi connectivity index (χ3v) is 2.94. The first-order valence-corrected chi connectivity index (χ1v) is 4.84. The highest BCUT2D eigenvalue weighted by Crippen LogP contribution is 2.30. The Morgan fingerprint density at radius 3 is 2.27 bits per heavy atom. The highest BCUT2D eigenvalue weighted by Gasteiger charge is 2.11. The number of hydrogen-bond donors (Lipinski definition) is 1. The lowest BCUT2D eigenvalue weighted by Crippen LogP contribution is -1.98. The molecule has 0 aliphatic rings. The fraction of sp³-hybridized carbons (Fsp3) is 0.154. The van der Waals surface area contributed by atoms with Crippen molar-refractivity contribution in [1.82, 2.24) is 0 Å². The molecule has 0 saturated heterocycles. The van der Waals surface area contributed by atoms with Crippen LogP contribution in [-0.2, 0) is 0 Å². The molecule has 0 amide bonds. The first kappa shape index (κ1) is 9.54. The predicted octanol–water partition coefficient (Wildman–Crippen LogP) is 2.91. The monoisotopic (exact) mass is 196 g/mol. The number of nitrogens with zero attached hydrogens (tertiary/aromatic N) is 1. The summed E-state index contributed by atoms with van der Waals surface area (Å²) < 4.78 is 0. The Balaban J connectivity index is 3.04. The molecule has 2 nitrogen and oxygen atoms in total. The Labute approximate surface area is 88.9 Å². The van der Waals surface area contributed by atoms with Crippen molar-refractivity contribution < 1.29 is 0 Å². The van der Waals surface area contributed by atoms with Crippen molar-refractivity contribution in [2.45, 2.75) is 13.8 Å². The van der Waals surface area contributed by atoms with E-state index in [0.717, 1.165) is 21.9 Å². The Hall–Kier alpha value is -2.01. The van der Waals surface area contributed by atoms with Crippen molar-refractivity contribution in [2.75, 3.05) is 5.73 Å². The summed E-state index contributed by atoms with van der Waals surface area (Å²) in [6.45, 7) is 3.97. The molecule has 0 atom stereocenters. The molecule has 0 radical (unpaired) electrons. The van der Waals surface area contributed by atoms with Gasteiger partial charge in [0.25, 0.3) is 0 Å². The molecule has 2 N–H and O–H groups in total. The molecule has 0 aliphatic heterocycles. The van der Waals surface area contributed by atoms with Crippen LogP contribution < -0.4 is 5.73 Å². The van der Waals surface area contributed by atoms with Gasteiger partial charge in [0.15, 0.2) is 0 Å². The molecule has 2 aromatic rings. The number of anilines is 1. The number of benzene rings is 2. The second-order valence-electron chi connectivity index (χ2n) is 3.70. The highest BCUT2D eigenvalue weighted by atomic mass is 14.6. The molecular formula is C13H12N2. The summed E-state index contributed by atoms with van der Waals surface area (Å²) in [4.78, 5) is 0. The van der Waals surface area contributed by atoms with E-state index >= 15 is 0 Å². The van der Waals surface area contributed by atoms with E-state index in [2.05, 4.69) is 6.07 Å². The number of nitrogen functional groups attached to an aromatic ring is 1. The maximum atomic E-state index is 9.05. The van der Waals surface area contributed by atoms with Crippen molar-refractivity contribution >= 4 is 16.5 Å². The number of rotatable bonds is 0. The standard InChI is InChI=1S/C13H12N2/c1-8-9(2)12(7-14)13(15)11-6-4-3-5-10(8)11/h3-6H,15H2,1-2H3. The SMILES string of the molecule is Cc1c(C#N)c(N)c2ccccc2c1C. The van der Waals surface area contributed by atoms with Gasteiger partial charge in [-0.25, -0.2) is 0 Å². The highest BCUT2D eigenvalue weighted by molar-refractivity contribution is 5.98. The van der Waals surface area contributed by atoms with Gasteiger partial charge in [0.05, 0.1) is 11.3 Å². The second kappa shape index (κ2) is 3.29. The molecule has 0 spiro atoms. The van der Waals surface area contributed by atoms with E-state index in [-0.39, 0.29) is 0 Å². The first-order valence-electron chi connectivity index (χ1n) is 4.84. The first-order chi connectivity index (χ1) is 7.16. The number of fused-ring (bicyclic) bond motifs is 1. The van der Waals surface area contributed by atoms with E-state index in [1.54, 1.807) is 0 Å². The van der Waals surface area contributed by atoms with Crippen molar-refractivity contribution in [2.24, 2.45) is 0 Å². The molecule has 0 aromatic heterocycles. The van der Waals surface area contributed by atoms with E-state index in [0.29, 0.717) is 11.3 Å².